The zero-order chi connectivity index (χ0) is 23.8. The average molecular weight is 459 g/mol. The number of nitrogens with one attached hydrogen (secondary N) is 1. The topological polar surface area (TPSA) is 84.9 Å². The molecule has 2 aromatic rings. The number of rotatable bonds is 9. The van der Waals surface area contributed by atoms with Gasteiger partial charge >= 0.3 is 5.97 Å². The van der Waals surface area contributed by atoms with Crippen molar-refractivity contribution in [2.75, 3.05) is 25.5 Å². The smallest absolute Gasteiger partial charge is 0.341 e. The van der Waals surface area contributed by atoms with Gasteiger partial charge in [-0.2, -0.15) is 0 Å². The molecule has 172 valence electrons. The summed E-state index contributed by atoms with van der Waals surface area (Å²) < 4.78 is 10.5. The van der Waals surface area contributed by atoms with Gasteiger partial charge in [0.25, 0.3) is 5.91 Å². The van der Waals surface area contributed by atoms with E-state index in [2.05, 4.69) is 5.32 Å². The highest BCUT2D eigenvalue weighted by molar-refractivity contribution is 7.18. The van der Waals surface area contributed by atoms with Crippen LogP contribution in [0.5, 0.6) is 5.75 Å². The first-order chi connectivity index (χ1) is 15.2. The Hall–Kier alpha value is -3.13. The number of carbonyl (C=O) groups excluding carboxylic acids is 3. The van der Waals surface area contributed by atoms with Crippen LogP contribution in [-0.2, 0) is 9.53 Å². The van der Waals surface area contributed by atoms with Crippen LogP contribution in [0.3, 0.4) is 0 Å². The van der Waals surface area contributed by atoms with Gasteiger partial charge in [0.1, 0.15) is 10.8 Å². The Bertz CT molecular complexity index is 989. The minimum atomic E-state index is -0.568. The van der Waals surface area contributed by atoms with Crippen LogP contribution in [0.15, 0.2) is 30.3 Å². The zero-order valence-corrected chi connectivity index (χ0v) is 20.2. The number of methoxy groups -OCH3 is 1. The molecule has 0 unspecified atom stereocenters. The molecule has 0 aliphatic heterocycles. The zero-order valence-electron chi connectivity index (χ0n) is 19.4. The molecule has 32 heavy (non-hydrogen) atoms. The van der Waals surface area contributed by atoms with Gasteiger partial charge in [-0.05, 0) is 64.0 Å². The largest absolute Gasteiger partial charge is 0.497 e. The minimum Gasteiger partial charge on any atom is -0.497 e. The standard InChI is InChI=1S/C24H30N2O5S/c1-7-26(8-2)23(28)21-16(5)20(24(29)31-15(3)4)22(32-21)25-19(27)14-11-17-9-12-18(30-6)13-10-17/h9-15H,7-8H2,1-6H3,(H,25,27)/b14-11-. The molecule has 7 nitrogen and oxygen atoms in total. The number of ether oxygens (including phenoxy) is 2. The van der Waals surface area contributed by atoms with Gasteiger partial charge < -0.3 is 19.7 Å². The molecule has 0 radical (unpaired) electrons. The van der Waals surface area contributed by atoms with Crippen molar-refractivity contribution in [2.24, 2.45) is 0 Å². The van der Waals surface area contributed by atoms with Crippen molar-refractivity contribution in [1.29, 1.82) is 0 Å². The molecule has 0 saturated carbocycles. The number of anilines is 1. The second kappa shape index (κ2) is 11.5. The molecule has 1 aromatic heterocycles. The lowest BCUT2D eigenvalue weighted by molar-refractivity contribution is -0.111. The van der Waals surface area contributed by atoms with Gasteiger partial charge in [-0.1, -0.05) is 12.1 Å². The third-order valence-electron chi connectivity index (χ3n) is 4.72. The molecule has 0 aliphatic carbocycles. The molecule has 0 fully saturated rings. The normalized spacial score (nSPS) is 11.0. The van der Waals surface area contributed by atoms with E-state index in [-0.39, 0.29) is 17.6 Å². The van der Waals surface area contributed by atoms with Gasteiger partial charge in [0, 0.05) is 19.2 Å². The summed E-state index contributed by atoms with van der Waals surface area (Å²) in [5, 5.41) is 3.04. The van der Waals surface area contributed by atoms with Gasteiger partial charge in [0.2, 0.25) is 5.91 Å². The molecule has 1 heterocycles. The number of benzene rings is 1. The van der Waals surface area contributed by atoms with E-state index < -0.39 is 11.9 Å². The van der Waals surface area contributed by atoms with Gasteiger partial charge in [0.05, 0.1) is 23.7 Å². The third kappa shape index (κ3) is 6.20. The molecule has 8 heteroatoms. The first-order valence-electron chi connectivity index (χ1n) is 10.5. The van der Waals surface area contributed by atoms with Crippen molar-refractivity contribution >= 4 is 40.2 Å². The molecule has 2 rings (SSSR count). The van der Waals surface area contributed by atoms with Crippen molar-refractivity contribution in [3.63, 3.8) is 0 Å². The maximum Gasteiger partial charge on any atom is 0.341 e. The van der Waals surface area contributed by atoms with E-state index in [0.717, 1.165) is 22.6 Å². The van der Waals surface area contributed by atoms with E-state index in [0.29, 0.717) is 28.5 Å². The number of amides is 2. The van der Waals surface area contributed by atoms with Gasteiger partial charge in [0.15, 0.2) is 0 Å². The van der Waals surface area contributed by atoms with Crippen molar-refractivity contribution in [1.82, 2.24) is 4.90 Å². The summed E-state index contributed by atoms with van der Waals surface area (Å²) in [5.74, 6) is -0.436. The average Bonchev–Trinajstić information content (AvgIpc) is 3.08. The lowest BCUT2D eigenvalue weighted by Gasteiger charge is -2.18. The fraction of sp³-hybridized carbons (Fsp3) is 0.375. The number of thiophene rings is 1. The Kier molecular flexibility index (Phi) is 9.02. The van der Waals surface area contributed by atoms with Crippen LogP contribution < -0.4 is 10.1 Å². The lowest BCUT2D eigenvalue weighted by Crippen LogP contribution is -2.30. The summed E-state index contributed by atoms with van der Waals surface area (Å²) in [6, 6.07) is 7.24. The molecule has 2 amide bonds. The molecular formula is C24H30N2O5S. The summed E-state index contributed by atoms with van der Waals surface area (Å²) in [4.78, 5) is 40.3. The molecule has 0 aliphatic rings. The molecule has 0 atom stereocenters. The number of hydrogen-bond donors (Lipinski definition) is 1. The van der Waals surface area contributed by atoms with E-state index in [1.54, 1.807) is 51.0 Å². The van der Waals surface area contributed by atoms with Crippen molar-refractivity contribution in [2.45, 2.75) is 40.7 Å². The summed E-state index contributed by atoms with van der Waals surface area (Å²) >= 11 is 1.09. The van der Waals surface area contributed by atoms with E-state index in [9.17, 15) is 14.4 Å². The molecule has 1 aromatic carbocycles. The monoisotopic (exact) mass is 458 g/mol. The lowest BCUT2D eigenvalue weighted by atomic mass is 10.1. The van der Waals surface area contributed by atoms with Crippen molar-refractivity contribution in [3.05, 3.63) is 51.9 Å². The number of carbonyl (C=O) groups is 3. The van der Waals surface area contributed by atoms with E-state index in [4.69, 9.17) is 9.47 Å². The summed E-state index contributed by atoms with van der Waals surface area (Å²) in [6.07, 6.45) is 2.70. The quantitative estimate of drug-likeness (QED) is 0.432. The fourth-order valence-electron chi connectivity index (χ4n) is 3.02. The Morgan fingerprint density at radius 1 is 1.12 bits per heavy atom. The van der Waals surface area contributed by atoms with Gasteiger partial charge in [-0.15, -0.1) is 11.3 Å². The highest BCUT2D eigenvalue weighted by Crippen LogP contribution is 2.35. The second-order valence-electron chi connectivity index (χ2n) is 7.29. The summed E-state index contributed by atoms with van der Waals surface area (Å²) in [7, 11) is 1.59. The highest BCUT2D eigenvalue weighted by atomic mass is 32.1. The first kappa shape index (κ1) is 25.1. The van der Waals surface area contributed by atoms with Crippen LogP contribution in [0.1, 0.15) is 58.9 Å². The van der Waals surface area contributed by atoms with Crippen LogP contribution in [0.25, 0.3) is 6.08 Å². The van der Waals surface area contributed by atoms with Crippen LogP contribution in [0, 0.1) is 6.92 Å². The third-order valence-corrected chi connectivity index (χ3v) is 5.91. The van der Waals surface area contributed by atoms with Crippen LogP contribution >= 0.6 is 11.3 Å². The SMILES string of the molecule is CCN(CC)C(=O)c1sc(NC(=O)/C=C\c2ccc(OC)cc2)c(C(=O)OC(C)C)c1C. The summed E-state index contributed by atoms with van der Waals surface area (Å²) in [5.41, 5.74) is 1.54. The second-order valence-corrected chi connectivity index (χ2v) is 8.31. The van der Waals surface area contributed by atoms with E-state index in [1.807, 2.05) is 26.0 Å². The number of nitrogens with zero attached hydrogens (tertiary/aromatic N) is 1. The molecule has 0 spiro atoms. The van der Waals surface area contributed by atoms with E-state index in [1.165, 1.54) is 6.08 Å². The van der Waals surface area contributed by atoms with Crippen molar-refractivity contribution in [3.8, 4) is 5.75 Å². The highest BCUT2D eigenvalue weighted by Gasteiger charge is 2.28. The Balaban J connectivity index is 2.33. The van der Waals surface area contributed by atoms with Crippen LogP contribution in [0.2, 0.25) is 0 Å². The van der Waals surface area contributed by atoms with Gasteiger partial charge in [-0.25, -0.2) is 4.79 Å². The Morgan fingerprint density at radius 2 is 1.75 bits per heavy atom. The minimum absolute atomic E-state index is 0.176. The maximum atomic E-state index is 12.9. The molecule has 0 bridgehead atoms. The van der Waals surface area contributed by atoms with Crippen LogP contribution in [-0.4, -0.2) is 49.0 Å². The molecule has 0 saturated heterocycles. The predicted octanol–water partition coefficient (Wildman–Crippen LogP) is 4.76. The number of hydrogen-bond acceptors (Lipinski definition) is 6. The summed E-state index contributed by atoms with van der Waals surface area (Å²) in [6.45, 7) is 10.1. The van der Waals surface area contributed by atoms with E-state index >= 15 is 0 Å². The molecular weight excluding hydrogens is 428 g/mol. The number of esters is 1. The Labute approximate surface area is 193 Å². The maximum absolute atomic E-state index is 12.9. The predicted molar refractivity (Wildman–Crippen MR) is 128 cm³/mol. The molecule has 1 N–H and O–H groups in total. The Morgan fingerprint density at radius 3 is 2.28 bits per heavy atom. The van der Waals surface area contributed by atoms with Crippen molar-refractivity contribution < 1.29 is 23.9 Å². The van der Waals surface area contributed by atoms with Gasteiger partial charge in [-0.3, -0.25) is 9.59 Å². The van der Waals surface area contributed by atoms with Crippen LogP contribution in [0.4, 0.5) is 5.00 Å². The first-order valence-corrected chi connectivity index (χ1v) is 11.3. The fourth-order valence-corrected chi connectivity index (χ4v) is 4.19.